The zero-order chi connectivity index (χ0) is 23.8. The van der Waals surface area contributed by atoms with Crippen LogP contribution in [0, 0.1) is 6.92 Å². The summed E-state index contributed by atoms with van der Waals surface area (Å²) in [6, 6.07) is 15.2. The average Bonchev–Trinajstić information content (AvgIpc) is 2.81. The van der Waals surface area contributed by atoms with Gasteiger partial charge in [-0.05, 0) is 63.3 Å². The fraction of sp³-hybridized carbons (Fsp3) is 0.357. The molecular weight excluding hydrogens is 400 g/mol. The van der Waals surface area contributed by atoms with Gasteiger partial charge in [0, 0.05) is 11.1 Å². The van der Waals surface area contributed by atoms with Gasteiger partial charge in [-0.25, -0.2) is 4.79 Å². The van der Waals surface area contributed by atoms with Crippen LogP contribution < -0.4 is 4.74 Å². The van der Waals surface area contributed by atoms with Crippen LogP contribution in [-0.4, -0.2) is 25.0 Å². The van der Waals surface area contributed by atoms with Gasteiger partial charge in [0.1, 0.15) is 5.75 Å². The molecule has 0 aliphatic heterocycles. The van der Waals surface area contributed by atoms with Crippen LogP contribution in [0.3, 0.4) is 0 Å². The minimum absolute atomic E-state index is 0.00952. The van der Waals surface area contributed by atoms with E-state index in [1.54, 1.807) is 13.0 Å². The van der Waals surface area contributed by atoms with Crippen molar-refractivity contribution >= 4 is 17.8 Å². The minimum Gasteiger partial charge on any atom is -0.494 e. The van der Waals surface area contributed by atoms with Crippen LogP contribution in [0.4, 0.5) is 0 Å². The number of hydrogen-bond acceptors (Lipinski definition) is 4. The first-order chi connectivity index (χ1) is 15.5. The Kier molecular flexibility index (Phi) is 13.1. The van der Waals surface area contributed by atoms with Crippen molar-refractivity contribution in [3.63, 3.8) is 0 Å². The van der Waals surface area contributed by atoms with E-state index in [2.05, 4.69) is 6.58 Å². The minimum atomic E-state index is -0.323. The van der Waals surface area contributed by atoms with Crippen LogP contribution in [0.15, 0.2) is 66.8 Å². The third kappa shape index (κ3) is 10.8. The van der Waals surface area contributed by atoms with Crippen molar-refractivity contribution in [1.29, 1.82) is 0 Å². The molecule has 0 unspecified atom stereocenters. The van der Waals surface area contributed by atoms with Crippen LogP contribution in [0.2, 0.25) is 0 Å². The standard InChI is InChI=1S/C26H30O4.C2H6/c1-20(2)26(28)30-19-7-5-4-6-18-29-24-15-10-22(11-16-24)12-17-25(27)23-13-8-21(3)9-14-23;1-2/h8-17H,1,4-7,18-19H2,2-3H3;1-2H3/b17-12+;. The van der Waals surface area contributed by atoms with E-state index in [0.29, 0.717) is 24.4 Å². The van der Waals surface area contributed by atoms with Gasteiger partial charge in [0.25, 0.3) is 0 Å². The highest BCUT2D eigenvalue weighted by Gasteiger charge is 2.02. The van der Waals surface area contributed by atoms with Gasteiger partial charge in [0.05, 0.1) is 13.2 Å². The number of unbranched alkanes of at least 4 members (excludes halogenated alkanes) is 3. The maximum absolute atomic E-state index is 12.2. The Bertz CT molecular complexity index is 861. The number of hydrogen-bond donors (Lipinski definition) is 0. The second kappa shape index (κ2) is 15.6. The number of carbonyl (C=O) groups is 2. The highest BCUT2D eigenvalue weighted by Crippen LogP contribution is 2.15. The van der Waals surface area contributed by atoms with Gasteiger partial charge in [-0.1, -0.05) is 68.5 Å². The summed E-state index contributed by atoms with van der Waals surface area (Å²) < 4.78 is 10.8. The Hall–Kier alpha value is -3.14. The van der Waals surface area contributed by atoms with Gasteiger partial charge >= 0.3 is 5.97 Å². The summed E-state index contributed by atoms with van der Waals surface area (Å²) in [4.78, 5) is 23.4. The topological polar surface area (TPSA) is 52.6 Å². The lowest BCUT2D eigenvalue weighted by Crippen LogP contribution is -2.06. The predicted octanol–water partition coefficient (Wildman–Crippen LogP) is 6.98. The molecule has 4 heteroatoms. The molecule has 0 saturated carbocycles. The van der Waals surface area contributed by atoms with Crippen molar-refractivity contribution in [1.82, 2.24) is 0 Å². The maximum Gasteiger partial charge on any atom is 0.333 e. The Morgan fingerprint density at radius 3 is 2.06 bits per heavy atom. The molecular formula is C28H36O4. The van der Waals surface area contributed by atoms with Crippen molar-refractivity contribution in [2.24, 2.45) is 0 Å². The number of ether oxygens (including phenoxy) is 2. The van der Waals surface area contributed by atoms with Crippen LogP contribution in [0.5, 0.6) is 5.75 Å². The number of ketones is 1. The van der Waals surface area contributed by atoms with E-state index < -0.39 is 0 Å². The Morgan fingerprint density at radius 2 is 1.47 bits per heavy atom. The zero-order valence-electron chi connectivity index (χ0n) is 19.9. The van der Waals surface area contributed by atoms with E-state index in [1.807, 2.05) is 75.4 Å². The van der Waals surface area contributed by atoms with E-state index in [4.69, 9.17) is 9.47 Å². The number of allylic oxidation sites excluding steroid dienone is 1. The summed E-state index contributed by atoms with van der Waals surface area (Å²) in [5, 5.41) is 0. The number of benzene rings is 2. The lowest BCUT2D eigenvalue weighted by atomic mass is 10.1. The Morgan fingerprint density at radius 1 is 0.875 bits per heavy atom. The second-order valence-electron chi connectivity index (χ2n) is 7.31. The normalized spacial score (nSPS) is 10.2. The molecule has 172 valence electrons. The number of aryl methyl sites for hydroxylation is 1. The summed E-state index contributed by atoms with van der Waals surface area (Å²) in [6.07, 6.45) is 7.21. The molecule has 32 heavy (non-hydrogen) atoms. The smallest absolute Gasteiger partial charge is 0.333 e. The molecule has 2 aromatic carbocycles. The van der Waals surface area contributed by atoms with E-state index in [1.165, 1.54) is 0 Å². The Balaban J connectivity index is 0.00000249. The van der Waals surface area contributed by atoms with Crippen molar-refractivity contribution in [2.45, 2.75) is 53.4 Å². The van der Waals surface area contributed by atoms with E-state index in [9.17, 15) is 9.59 Å². The molecule has 0 radical (unpaired) electrons. The predicted molar refractivity (Wildman–Crippen MR) is 132 cm³/mol. The van der Waals surface area contributed by atoms with Gasteiger partial charge in [-0.15, -0.1) is 0 Å². The van der Waals surface area contributed by atoms with Gasteiger partial charge < -0.3 is 9.47 Å². The van der Waals surface area contributed by atoms with Crippen molar-refractivity contribution < 1.29 is 19.1 Å². The summed E-state index contributed by atoms with van der Waals surface area (Å²) in [6.45, 7) is 12.3. The van der Waals surface area contributed by atoms with Crippen LogP contribution >= 0.6 is 0 Å². The quantitative estimate of drug-likeness (QED) is 0.156. The maximum atomic E-state index is 12.2. The SMILES string of the molecule is C=C(C)C(=O)OCCCCCCOc1ccc(/C=C/C(=O)c2ccc(C)cc2)cc1.CC. The molecule has 0 N–H and O–H groups in total. The van der Waals surface area contributed by atoms with Crippen LogP contribution in [0.1, 0.15) is 67.9 Å². The van der Waals surface area contributed by atoms with Gasteiger partial charge in [0.2, 0.25) is 0 Å². The van der Waals surface area contributed by atoms with Gasteiger partial charge in [0.15, 0.2) is 5.78 Å². The summed E-state index contributed by atoms with van der Waals surface area (Å²) in [7, 11) is 0. The largest absolute Gasteiger partial charge is 0.494 e. The molecule has 2 rings (SSSR count). The molecule has 2 aromatic rings. The fourth-order valence-corrected chi connectivity index (χ4v) is 2.70. The molecule has 0 aliphatic rings. The number of esters is 1. The zero-order valence-corrected chi connectivity index (χ0v) is 19.9. The van der Waals surface area contributed by atoms with Crippen molar-refractivity contribution in [3.05, 3.63) is 83.4 Å². The first-order valence-corrected chi connectivity index (χ1v) is 11.3. The molecule has 0 bridgehead atoms. The van der Waals surface area contributed by atoms with Gasteiger partial charge in [-0.2, -0.15) is 0 Å². The Labute approximate surface area is 193 Å². The molecule has 0 aromatic heterocycles. The van der Waals surface area contributed by atoms with Crippen LogP contribution in [-0.2, 0) is 9.53 Å². The molecule has 4 nitrogen and oxygen atoms in total. The summed E-state index contributed by atoms with van der Waals surface area (Å²) in [5.74, 6) is 0.480. The van der Waals surface area contributed by atoms with Crippen molar-refractivity contribution in [3.8, 4) is 5.75 Å². The number of carbonyl (C=O) groups excluding carboxylic acids is 2. The van der Waals surface area contributed by atoms with E-state index >= 15 is 0 Å². The highest BCUT2D eigenvalue weighted by molar-refractivity contribution is 6.06. The van der Waals surface area contributed by atoms with E-state index in [-0.39, 0.29) is 11.8 Å². The third-order valence-corrected chi connectivity index (χ3v) is 4.53. The first kappa shape index (κ1) is 26.9. The lowest BCUT2D eigenvalue weighted by molar-refractivity contribution is -0.139. The second-order valence-corrected chi connectivity index (χ2v) is 7.31. The van der Waals surface area contributed by atoms with E-state index in [0.717, 1.165) is 42.6 Å². The fourth-order valence-electron chi connectivity index (χ4n) is 2.70. The third-order valence-electron chi connectivity index (χ3n) is 4.53. The average molecular weight is 437 g/mol. The molecule has 0 aliphatic carbocycles. The summed E-state index contributed by atoms with van der Waals surface area (Å²) >= 11 is 0. The molecule has 0 amide bonds. The van der Waals surface area contributed by atoms with Gasteiger partial charge in [-0.3, -0.25) is 4.79 Å². The summed E-state index contributed by atoms with van der Waals surface area (Å²) in [5.41, 5.74) is 3.20. The molecule has 0 heterocycles. The molecule has 0 atom stereocenters. The lowest BCUT2D eigenvalue weighted by Gasteiger charge is -2.07. The van der Waals surface area contributed by atoms with Crippen molar-refractivity contribution in [2.75, 3.05) is 13.2 Å². The monoisotopic (exact) mass is 436 g/mol. The molecule has 0 saturated heterocycles. The highest BCUT2D eigenvalue weighted by atomic mass is 16.5. The number of rotatable bonds is 12. The molecule has 0 fully saturated rings. The first-order valence-electron chi connectivity index (χ1n) is 11.3. The molecule has 0 spiro atoms. The van der Waals surface area contributed by atoms with Crippen LogP contribution in [0.25, 0.3) is 6.08 Å².